The summed E-state index contributed by atoms with van der Waals surface area (Å²) < 4.78 is 30.9. The highest BCUT2D eigenvalue weighted by Crippen LogP contribution is 2.27. The number of benzene rings is 1. The predicted molar refractivity (Wildman–Crippen MR) is 96.0 cm³/mol. The van der Waals surface area contributed by atoms with Gasteiger partial charge in [0, 0.05) is 20.6 Å². The normalized spacial score (nSPS) is 11.6. The third-order valence-corrected chi connectivity index (χ3v) is 5.31. The molecule has 4 N–H and O–H groups in total. The summed E-state index contributed by atoms with van der Waals surface area (Å²) in [4.78, 5) is 12.5. The van der Waals surface area contributed by atoms with Crippen molar-refractivity contribution >= 4 is 27.3 Å². The van der Waals surface area contributed by atoms with Crippen LogP contribution in [0.25, 0.3) is 0 Å². The Labute approximate surface area is 147 Å². The highest BCUT2D eigenvalue weighted by Gasteiger charge is 2.20. The van der Waals surface area contributed by atoms with Crippen molar-refractivity contribution in [1.82, 2.24) is 4.31 Å². The molecular formula is C16H22N4O4S. The first-order chi connectivity index (χ1) is 11.8. The van der Waals surface area contributed by atoms with Crippen molar-refractivity contribution in [3.8, 4) is 0 Å². The standard InChI is InChI=1S/C16H22N4O4S/c1-4-18-14-6-5-13(25(22,23)20(2)3)8-15(14)19-16(21)11-7-12(9-17)24-10-11/h5-8,10,18H,4,9,17H2,1-3H3,(H,19,21). The van der Waals surface area contributed by atoms with E-state index < -0.39 is 15.9 Å². The lowest BCUT2D eigenvalue weighted by Gasteiger charge is -2.16. The van der Waals surface area contributed by atoms with Gasteiger partial charge < -0.3 is 20.8 Å². The molecule has 2 rings (SSSR count). The summed E-state index contributed by atoms with van der Waals surface area (Å²) in [5.41, 5.74) is 6.77. The van der Waals surface area contributed by atoms with Gasteiger partial charge in [0.2, 0.25) is 10.0 Å². The number of nitrogens with zero attached hydrogens (tertiary/aromatic N) is 1. The van der Waals surface area contributed by atoms with E-state index in [1.165, 1.54) is 32.5 Å². The minimum atomic E-state index is -3.61. The van der Waals surface area contributed by atoms with Crippen molar-refractivity contribution in [3.05, 3.63) is 41.9 Å². The van der Waals surface area contributed by atoms with Crippen LogP contribution in [0.1, 0.15) is 23.0 Å². The summed E-state index contributed by atoms with van der Waals surface area (Å²) in [5, 5.41) is 5.81. The Morgan fingerprint density at radius 2 is 1.96 bits per heavy atom. The molecule has 1 aromatic heterocycles. The molecule has 1 heterocycles. The molecule has 0 bridgehead atoms. The Balaban J connectivity index is 2.38. The maximum Gasteiger partial charge on any atom is 0.258 e. The number of carbonyl (C=O) groups excluding carboxylic acids is 1. The van der Waals surface area contributed by atoms with E-state index in [2.05, 4.69) is 10.6 Å². The van der Waals surface area contributed by atoms with Gasteiger partial charge in [-0.3, -0.25) is 4.79 Å². The van der Waals surface area contributed by atoms with Crippen molar-refractivity contribution in [1.29, 1.82) is 0 Å². The molecule has 0 radical (unpaired) electrons. The van der Waals surface area contributed by atoms with Crippen molar-refractivity contribution < 1.29 is 17.6 Å². The zero-order valence-corrected chi connectivity index (χ0v) is 15.2. The summed E-state index contributed by atoms with van der Waals surface area (Å²) in [6, 6.07) is 6.08. The van der Waals surface area contributed by atoms with E-state index in [9.17, 15) is 13.2 Å². The number of amides is 1. The maximum absolute atomic E-state index is 12.4. The lowest BCUT2D eigenvalue weighted by atomic mass is 10.2. The smallest absolute Gasteiger partial charge is 0.258 e. The summed E-state index contributed by atoms with van der Waals surface area (Å²) in [6.07, 6.45) is 1.31. The fourth-order valence-corrected chi connectivity index (χ4v) is 3.07. The van der Waals surface area contributed by atoms with Gasteiger partial charge in [0.1, 0.15) is 12.0 Å². The van der Waals surface area contributed by atoms with Crippen LogP contribution in [0.15, 0.2) is 39.8 Å². The lowest BCUT2D eigenvalue weighted by Crippen LogP contribution is -2.22. The first kappa shape index (κ1) is 19.0. The van der Waals surface area contributed by atoms with E-state index in [0.717, 1.165) is 4.31 Å². The molecule has 0 unspecified atom stereocenters. The van der Waals surface area contributed by atoms with E-state index in [4.69, 9.17) is 10.2 Å². The third kappa shape index (κ3) is 4.19. The third-order valence-electron chi connectivity index (χ3n) is 3.50. The minimum absolute atomic E-state index is 0.0873. The van der Waals surface area contributed by atoms with Crippen LogP contribution in [0.4, 0.5) is 11.4 Å². The van der Waals surface area contributed by atoms with Crippen LogP contribution in [0.2, 0.25) is 0 Å². The zero-order valence-electron chi connectivity index (χ0n) is 14.4. The second kappa shape index (κ2) is 7.68. The largest absolute Gasteiger partial charge is 0.467 e. The van der Waals surface area contributed by atoms with Crippen LogP contribution < -0.4 is 16.4 Å². The zero-order chi connectivity index (χ0) is 18.6. The molecule has 0 saturated heterocycles. The van der Waals surface area contributed by atoms with Gasteiger partial charge in [-0.2, -0.15) is 0 Å². The van der Waals surface area contributed by atoms with E-state index in [0.29, 0.717) is 29.2 Å². The molecule has 9 heteroatoms. The number of rotatable bonds is 7. The van der Waals surface area contributed by atoms with Crippen molar-refractivity contribution in [3.63, 3.8) is 0 Å². The monoisotopic (exact) mass is 366 g/mol. The first-order valence-electron chi connectivity index (χ1n) is 7.68. The molecule has 0 saturated carbocycles. The topological polar surface area (TPSA) is 118 Å². The highest BCUT2D eigenvalue weighted by molar-refractivity contribution is 7.89. The molecule has 1 amide bonds. The molecule has 136 valence electrons. The molecule has 0 aliphatic heterocycles. The number of hydrogen-bond acceptors (Lipinski definition) is 6. The average Bonchev–Trinajstić information content (AvgIpc) is 3.05. The van der Waals surface area contributed by atoms with Crippen molar-refractivity contribution in [2.75, 3.05) is 31.3 Å². The number of anilines is 2. The summed E-state index contributed by atoms with van der Waals surface area (Å²) in [6.45, 7) is 2.71. The molecule has 0 aliphatic carbocycles. The van der Waals surface area contributed by atoms with Crippen LogP contribution in [0, 0.1) is 0 Å². The number of nitrogens with two attached hydrogens (primary N) is 1. The molecule has 0 fully saturated rings. The Morgan fingerprint density at radius 3 is 2.52 bits per heavy atom. The van der Waals surface area contributed by atoms with Crippen LogP contribution in [0.5, 0.6) is 0 Å². The van der Waals surface area contributed by atoms with Crippen LogP contribution in [-0.4, -0.2) is 39.3 Å². The second-order valence-electron chi connectivity index (χ2n) is 5.49. The number of nitrogens with one attached hydrogen (secondary N) is 2. The minimum Gasteiger partial charge on any atom is -0.467 e. The van der Waals surface area contributed by atoms with E-state index in [1.807, 2.05) is 6.92 Å². The van der Waals surface area contributed by atoms with E-state index >= 15 is 0 Å². The molecule has 8 nitrogen and oxygen atoms in total. The van der Waals surface area contributed by atoms with Gasteiger partial charge in [-0.25, -0.2) is 12.7 Å². The van der Waals surface area contributed by atoms with Crippen LogP contribution in [0.3, 0.4) is 0 Å². The first-order valence-corrected chi connectivity index (χ1v) is 9.12. The SMILES string of the molecule is CCNc1ccc(S(=O)(=O)N(C)C)cc1NC(=O)c1coc(CN)c1. The number of furan rings is 1. The van der Waals surface area contributed by atoms with Gasteiger partial charge in [-0.1, -0.05) is 0 Å². The van der Waals surface area contributed by atoms with Crippen LogP contribution >= 0.6 is 0 Å². The molecule has 25 heavy (non-hydrogen) atoms. The Morgan fingerprint density at radius 1 is 1.24 bits per heavy atom. The number of sulfonamides is 1. The van der Waals surface area contributed by atoms with Crippen molar-refractivity contribution in [2.45, 2.75) is 18.4 Å². The average molecular weight is 366 g/mol. The van der Waals surface area contributed by atoms with E-state index in [-0.39, 0.29) is 11.4 Å². The number of carbonyl (C=O) groups is 1. The summed E-state index contributed by atoms with van der Waals surface area (Å²) in [5.74, 6) is 0.0722. The fraction of sp³-hybridized carbons (Fsp3) is 0.312. The summed E-state index contributed by atoms with van der Waals surface area (Å²) >= 11 is 0. The van der Waals surface area contributed by atoms with Gasteiger partial charge >= 0.3 is 0 Å². The highest BCUT2D eigenvalue weighted by atomic mass is 32.2. The van der Waals surface area contributed by atoms with Crippen LogP contribution in [-0.2, 0) is 16.6 Å². The van der Waals surface area contributed by atoms with Gasteiger partial charge in [0.25, 0.3) is 5.91 Å². The van der Waals surface area contributed by atoms with Gasteiger partial charge in [-0.15, -0.1) is 0 Å². The van der Waals surface area contributed by atoms with Gasteiger partial charge in [0.15, 0.2) is 0 Å². The lowest BCUT2D eigenvalue weighted by molar-refractivity contribution is 0.102. The molecule has 2 aromatic rings. The maximum atomic E-state index is 12.4. The quantitative estimate of drug-likeness (QED) is 0.686. The fourth-order valence-electron chi connectivity index (χ4n) is 2.14. The molecule has 0 aliphatic rings. The Kier molecular flexibility index (Phi) is 5.83. The molecule has 0 atom stereocenters. The van der Waals surface area contributed by atoms with Gasteiger partial charge in [-0.05, 0) is 31.2 Å². The van der Waals surface area contributed by atoms with Gasteiger partial charge in [0.05, 0.1) is 28.4 Å². The molecule has 1 aromatic carbocycles. The van der Waals surface area contributed by atoms with E-state index in [1.54, 1.807) is 12.1 Å². The summed E-state index contributed by atoms with van der Waals surface area (Å²) in [7, 11) is -0.712. The molecule has 0 spiro atoms. The number of hydrogen-bond donors (Lipinski definition) is 3. The second-order valence-corrected chi connectivity index (χ2v) is 7.64. The Hall–Kier alpha value is -2.36. The Bertz CT molecular complexity index is 859. The van der Waals surface area contributed by atoms with Crippen molar-refractivity contribution in [2.24, 2.45) is 5.73 Å². The molecular weight excluding hydrogens is 344 g/mol. The predicted octanol–water partition coefficient (Wildman–Crippen LogP) is 1.67.